The SMILES string of the molecule is CON(CCN(C)C)C(=O)c1ccc([As]C(=C2C(=O)Nc3cc(C(=O)O)ccc32)c2ccccc2)cc1. The summed E-state index contributed by atoms with van der Waals surface area (Å²) in [7, 11) is 5.35. The Morgan fingerprint density at radius 3 is 2.22 bits per heavy atom. The van der Waals surface area contributed by atoms with Crippen LogP contribution in [0.4, 0.5) is 5.69 Å². The van der Waals surface area contributed by atoms with Crippen molar-refractivity contribution in [2.75, 3.05) is 39.6 Å². The van der Waals surface area contributed by atoms with Crippen LogP contribution >= 0.6 is 0 Å². The third-order valence-corrected chi connectivity index (χ3v) is 8.49. The van der Waals surface area contributed by atoms with Crippen molar-refractivity contribution in [3.8, 4) is 0 Å². The Kier molecular flexibility index (Phi) is 8.23. The Balaban J connectivity index is 1.67. The van der Waals surface area contributed by atoms with E-state index in [9.17, 15) is 19.5 Å². The van der Waals surface area contributed by atoms with Crippen LogP contribution in [0.5, 0.6) is 0 Å². The zero-order valence-corrected chi connectivity index (χ0v) is 22.6. The standard InChI is InChI=1S/C28H27AsN3O5/c1-31(2)15-16-32(37-3)27(34)19-9-12-21(13-10-19)29-25(18-7-5-4-6-8-18)24-22-14-11-20(28(35)36)17-23(22)30-26(24)33/h4-14,17H,15-16H2,1-3H3,(H,30,33)(H,35,36). The van der Waals surface area contributed by atoms with Crippen LogP contribution in [0, 0.1) is 0 Å². The number of amides is 2. The van der Waals surface area contributed by atoms with E-state index in [1.165, 1.54) is 24.3 Å². The molecule has 1 aliphatic rings. The maximum atomic E-state index is 13.1. The monoisotopic (exact) mass is 560 g/mol. The van der Waals surface area contributed by atoms with Gasteiger partial charge in [-0.3, -0.25) is 0 Å². The topological polar surface area (TPSA) is 99.2 Å². The first kappa shape index (κ1) is 26.4. The molecule has 0 fully saturated rings. The third kappa shape index (κ3) is 6.00. The molecule has 9 heteroatoms. The quantitative estimate of drug-likeness (QED) is 0.237. The van der Waals surface area contributed by atoms with Gasteiger partial charge in [0, 0.05) is 0 Å². The Bertz CT molecular complexity index is 1350. The zero-order valence-electron chi connectivity index (χ0n) is 20.8. The van der Waals surface area contributed by atoms with Crippen molar-refractivity contribution in [3.63, 3.8) is 0 Å². The van der Waals surface area contributed by atoms with Gasteiger partial charge in [0.1, 0.15) is 0 Å². The average molecular weight is 560 g/mol. The van der Waals surface area contributed by atoms with E-state index in [0.29, 0.717) is 35.5 Å². The average Bonchev–Trinajstić information content (AvgIpc) is 3.22. The van der Waals surface area contributed by atoms with Crippen LogP contribution in [0.25, 0.3) is 9.93 Å². The van der Waals surface area contributed by atoms with Crippen molar-refractivity contribution < 1.29 is 24.3 Å². The number of nitrogens with one attached hydrogen (secondary N) is 1. The van der Waals surface area contributed by atoms with Crippen molar-refractivity contribution in [2.24, 2.45) is 0 Å². The van der Waals surface area contributed by atoms with E-state index in [2.05, 4.69) is 5.32 Å². The first-order valence-electron chi connectivity index (χ1n) is 11.6. The number of hydroxylamine groups is 2. The van der Waals surface area contributed by atoms with Gasteiger partial charge in [-0.25, -0.2) is 0 Å². The van der Waals surface area contributed by atoms with E-state index in [-0.39, 0.29) is 17.4 Å². The fourth-order valence-corrected chi connectivity index (χ4v) is 6.37. The Hall–Kier alpha value is -3.71. The summed E-state index contributed by atoms with van der Waals surface area (Å²) in [6.07, 6.45) is 0. The van der Waals surface area contributed by atoms with Crippen LogP contribution in [0.3, 0.4) is 0 Å². The van der Waals surface area contributed by atoms with E-state index in [4.69, 9.17) is 4.84 Å². The van der Waals surface area contributed by atoms with Crippen LogP contribution < -0.4 is 9.67 Å². The molecule has 0 saturated heterocycles. The molecular formula is C28H27AsN3O5. The molecule has 0 unspecified atom stereocenters. The van der Waals surface area contributed by atoms with E-state index in [1.54, 1.807) is 18.2 Å². The Morgan fingerprint density at radius 2 is 1.59 bits per heavy atom. The van der Waals surface area contributed by atoms with Crippen molar-refractivity contribution in [3.05, 3.63) is 95.1 Å². The number of nitrogens with zero attached hydrogens (tertiary/aromatic N) is 2. The molecule has 0 saturated carbocycles. The summed E-state index contributed by atoms with van der Waals surface area (Å²) in [6, 6.07) is 21.8. The number of carboxylic acids is 1. The zero-order chi connectivity index (χ0) is 26.5. The molecule has 0 atom stereocenters. The van der Waals surface area contributed by atoms with Gasteiger partial charge in [-0.15, -0.1) is 0 Å². The molecule has 37 heavy (non-hydrogen) atoms. The molecule has 1 heterocycles. The van der Waals surface area contributed by atoms with Gasteiger partial charge in [-0.05, 0) is 0 Å². The van der Waals surface area contributed by atoms with E-state index >= 15 is 0 Å². The molecule has 4 rings (SSSR count). The molecule has 2 amide bonds. The predicted molar refractivity (Wildman–Crippen MR) is 144 cm³/mol. The van der Waals surface area contributed by atoms with E-state index in [0.717, 1.165) is 14.3 Å². The summed E-state index contributed by atoms with van der Waals surface area (Å²) >= 11 is -0.645. The molecule has 3 aromatic carbocycles. The van der Waals surface area contributed by atoms with Gasteiger partial charge in [-0.1, -0.05) is 0 Å². The molecule has 1 aliphatic heterocycles. The number of benzene rings is 3. The Morgan fingerprint density at radius 1 is 0.919 bits per heavy atom. The van der Waals surface area contributed by atoms with E-state index in [1.807, 2.05) is 61.5 Å². The number of fused-ring (bicyclic) bond motifs is 1. The van der Waals surface area contributed by atoms with Crippen molar-refractivity contribution in [1.82, 2.24) is 9.96 Å². The normalized spacial score (nSPS) is 14.1. The van der Waals surface area contributed by atoms with Gasteiger partial charge in [0.25, 0.3) is 0 Å². The van der Waals surface area contributed by atoms with Gasteiger partial charge in [0.15, 0.2) is 0 Å². The number of hydrogen-bond acceptors (Lipinski definition) is 5. The second kappa shape index (κ2) is 11.6. The first-order chi connectivity index (χ1) is 17.8. The summed E-state index contributed by atoms with van der Waals surface area (Å²) in [5.74, 6) is -1.52. The van der Waals surface area contributed by atoms with E-state index < -0.39 is 21.7 Å². The van der Waals surface area contributed by atoms with Gasteiger partial charge < -0.3 is 0 Å². The number of likely N-dealkylation sites (N-methyl/N-ethyl adjacent to an activating group) is 1. The molecule has 2 N–H and O–H groups in total. The van der Waals surface area contributed by atoms with Crippen LogP contribution in [0.2, 0.25) is 0 Å². The van der Waals surface area contributed by atoms with Crippen LogP contribution in [-0.4, -0.2) is 82.9 Å². The molecule has 8 nitrogen and oxygen atoms in total. The predicted octanol–water partition coefficient (Wildman–Crippen LogP) is 2.80. The molecule has 0 aliphatic carbocycles. The van der Waals surface area contributed by atoms with Crippen molar-refractivity contribution >= 4 is 53.5 Å². The van der Waals surface area contributed by atoms with Crippen molar-refractivity contribution in [1.29, 1.82) is 0 Å². The molecule has 3 aromatic rings. The fraction of sp³-hybridized carbons (Fsp3) is 0.179. The van der Waals surface area contributed by atoms with Gasteiger partial charge in [-0.2, -0.15) is 0 Å². The Labute approximate surface area is 222 Å². The molecule has 0 bridgehead atoms. The van der Waals surface area contributed by atoms with Gasteiger partial charge in [0.2, 0.25) is 0 Å². The minimum absolute atomic E-state index is 0.116. The van der Waals surface area contributed by atoms with Crippen LogP contribution in [0.1, 0.15) is 31.8 Å². The maximum absolute atomic E-state index is 13.1. The molecule has 1 radical (unpaired) electrons. The fourth-order valence-electron chi connectivity index (χ4n) is 3.92. The minimum atomic E-state index is -1.05. The third-order valence-electron chi connectivity index (χ3n) is 5.85. The number of anilines is 1. The number of carbonyl (C=O) groups is 3. The summed E-state index contributed by atoms with van der Waals surface area (Å²) in [5, 5.41) is 13.5. The number of carboxylic acid groups (broad SMARTS) is 1. The summed E-state index contributed by atoms with van der Waals surface area (Å²) in [6.45, 7) is 1.12. The second-order valence-electron chi connectivity index (χ2n) is 8.66. The number of aromatic carboxylic acids is 1. The second-order valence-corrected chi connectivity index (χ2v) is 11.2. The summed E-state index contributed by atoms with van der Waals surface area (Å²) in [5.41, 5.74) is 3.29. The van der Waals surface area contributed by atoms with Crippen LogP contribution in [0.15, 0.2) is 72.8 Å². The molecule has 0 aromatic heterocycles. The van der Waals surface area contributed by atoms with Crippen LogP contribution in [-0.2, 0) is 9.63 Å². The van der Waals surface area contributed by atoms with Gasteiger partial charge >= 0.3 is 222 Å². The molecular weight excluding hydrogens is 533 g/mol. The first-order valence-corrected chi connectivity index (χ1v) is 13.5. The summed E-state index contributed by atoms with van der Waals surface area (Å²) < 4.78 is 1.92. The molecule has 189 valence electrons. The number of rotatable bonds is 9. The summed E-state index contributed by atoms with van der Waals surface area (Å²) in [4.78, 5) is 44.7. The number of carbonyl (C=O) groups excluding carboxylic acids is 2. The van der Waals surface area contributed by atoms with Crippen molar-refractivity contribution in [2.45, 2.75) is 0 Å². The molecule has 0 spiro atoms. The van der Waals surface area contributed by atoms with Gasteiger partial charge in [0.05, 0.1) is 0 Å². The number of hydrogen-bond donors (Lipinski definition) is 2.